The molecule has 11 nitrogen and oxygen atoms in total. The van der Waals surface area contributed by atoms with Crippen LogP contribution in [0.4, 0.5) is 11.4 Å². The number of non-ortho nitro benzene ring substituents is 1. The zero-order valence-corrected chi connectivity index (χ0v) is 10.2. The van der Waals surface area contributed by atoms with Crippen LogP contribution < -0.4 is 14.7 Å². The lowest BCUT2D eigenvalue weighted by molar-refractivity contribution is -0.394. The third kappa shape index (κ3) is 3.96. The van der Waals surface area contributed by atoms with E-state index in [-0.39, 0.29) is 0 Å². The van der Waals surface area contributed by atoms with Gasteiger partial charge in [-0.05, 0) is 6.07 Å². The molecule has 0 amide bonds. The summed E-state index contributed by atoms with van der Waals surface area (Å²) in [5.74, 6) is -0.668. The molecule has 1 unspecified atom stereocenters. The number of hydrogen-bond donors (Lipinski definition) is 1. The Morgan fingerprint density at radius 3 is 2.37 bits per heavy atom. The summed E-state index contributed by atoms with van der Waals surface area (Å²) in [5, 5.41) is 22.7. The molecule has 1 rings (SSSR count). The van der Waals surface area contributed by atoms with Gasteiger partial charge in [-0.25, -0.2) is 0 Å². The molecule has 0 heterocycles. The number of nitrogens with zero attached hydrogens (tertiary/aromatic N) is 2. The van der Waals surface area contributed by atoms with Gasteiger partial charge >= 0.3 is 5.69 Å². The van der Waals surface area contributed by atoms with Crippen molar-refractivity contribution in [3.05, 3.63) is 38.4 Å². The Morgan fingerprint density at radius 2 is 1.89 bits per heavy atom. The van der Waals surface area contributed by atoms with Crippen molar-refractivity contribution in [1.29, 1.82) is 0 Å². The maximum Gasteiger partial charge on any atom is 0.318 e. The predicted molar refractivity (Wildman–Crippen MR) is 58.1 cm³/mol. The summed E-state index contributed by atoms with van der Waals surface area (Å²) in [5.41, 5.74) is -1.43. The Bertz CT molecular complexity index is 561. The monoisotopic (exact) mass is 292 g/mol. The van der Waals surface area contributed by atoms with Crippen molar-refractivity contribution < 1.29 is 28.7 Å². The van der Waals surface area contributed by atoms with Gasteiger partial charge in [0.1, 0.15) is 0 Å². The molecule has 0 spiro atoms. The van der Waals surface area contributed by atoms with Gasteiger partial charge in [0, 0.05) is 6.07 Å². The van der Waals surface area contributed by atoms with E-state index >= 15 is 0 Å². The van der Waals surface area contributed by atoms with Gasteiger partial charge in [0.25, 0.3) is 13.4 Å². The normalized spacial score (nSPS) is 13.6. The number of nitro groups is 2. The van der Waals surface area contributed by atoms with Gasteiger partial charge in [-0.1, -0.05) is 0 Å². The van der Waals surface area contributed by atoms with Crippen LogP contribution >= 0.6 is 7.75 Å². The van der Waals surface area contributed by atoms with E-state index in [1.165, 1.54) is 5.25 Å². The van der Waals surface area contributed by atoms with Crippen LogP contribution in [0.25, 0.3) is 0 Å². The Labute approximate surface area is 105 Å². The first kappa shape index (κ1) is 15.0. The molecule has 0 aliphatic carbocycles. The van der Waals surface area contributed by atoms with Crippen LogP contribution in [0.2, 0.25) is 0 Å². The van der Waals surface area contributed by atoms with Crippen LogP contribution in [0.15, 0.2) is 18.2 Å². The molecule has 19 heavy (non-hydrogen) atoms. The molecule has 1 N–H and O–H groups in total. The van der Waals surface area contributed by atoms with E-state index in [0.717, 1.165) is 19.2 Å². The molecule has 0 aliphatic heterocycles. The molecule has 0 saturated heterocycles. The molecule has 0 bridgehead atoms. The van der Waals surface area contributed by atoms with Gasteiger partial charge in [0.05, 0.1) is 23.0 Å². The SMILES string of the molecule is CONP(=O)([O-])Oc1ccc([N+](=O)[O-])cc1[N+](=O)[O-]. The standard InChI is InChI=1S/C7H8N3O8P/c1-17-8-19(15,16)18-7-3-2-5(9(11)12)4-6(7)10(13)14/h2-4H,1H3,(H2,8,15,16)/p-1. The van der Waals surface area contributed by atoms with Crippen LogP contribution in [-0.2, 0) is 9.40 Å². The average Bonchev–Trinajstić information content (AvgIpc) is 2.27. The van der Waals surface area contributed by atoms with E-state index in [1.54, 1.807) is 0 Å². The molecule has 0 radical (unpaired) electrons. The lowest BCUT2D eigenvalue weighted by Gasteiger charge is -2.22. The number of nitrogens with one attached hydrogen (secondary N) is 1. The molecule has 12 heteroatoms. The van der Waals surface area contributed by atoms with Crippen molar-refractivity contribution >= 4 is 19.1 Å². The lowest BCUT2D eigenvalue weighted by Crippen LogP contribution is -2.22. The van der Waals surface area contributed by atoms with E-state index in [0.29, 0.717) is 6.07 Å². The van der Waals surface area contributed by atoms with Crippen molar-refractivity contribution in [3.63, 3.8) is 0 Å². The zero-order valence-electron chi connectivity index (χ0n) is 9.34. The number of hydrogen-bond acceptors (Lipinski definition) is 8. The second kappa shape index (κ2) is 5.71. The highest BCUT2D eigenvalue weighted by Gasteiger charge is 2.23. The molecule has 1 atom stereocenters. The molecule has 1 aromatic carbocycles. The smallest absolute Gasteiger partial charge is 0.318 e. The Hall–Kier alpha value is -2.07. The molecule has 1 aromatic rings. The van der Waals surface area contributed by atoms with Crippen LogP contribution in [0.5, 0.6) is 5.75 Å². The highest BCUT2D eigenvalue weighted by Crippen LogP contribution is 2.40. The molecule has 0 aliphatic rings. The van der Waals surface area contributed by atoms with E-state index in [2.05, 4.69) is 9.36 Å². The van der Waals surface area contributed by atoms with Crippen LogP contribution in [0.1, 0.15) is 0 Å². The van der Waals surface area contributed by atoms with Crippen LogP contribution in [0, 0.1) is 20.2 Å². The maximum atomic E-state index is 11.2. The number of nitro benzene ring substituents is 2. The summed E-state index contributed by atoms with van der Waals surface area (Å²) >= 11 is 0. The van der Waals surface area contributed by atoms with Gasteiger partial charge in [-0.3, -0.25) is 29.6 Å². The summed E-state index contributed by atoms with van der Waals surface area (Å²) in [6, 6.07) is 2.26. The van der Waals surface area contributed by atoms with E-state index in [1.807, 2.05) is 0 Å². The van der Waals surface area contributed by atoms with Gasteiger partial charge in [0.2, 0.25) is 5.75 Å². The van der Waals surface area contributed by atoms with Crippen molar-refractivity contribution in [1.82, 2.24) is 5.25 Å². The fourth-order valence-electron chi connectivity index (χ4n) is 1.10. The zero-order chi connectivity index (χ0) is 14.6. The molecule has 104 valence electrons. The predicted octanol–water partition coefficient (Wildman–Crippen LogP) is 0.501. The summed E-state index contributed by atoms with van der Waals surface area (Å²) in [6.07, 6.45) is 0. The molecule has 0 aromatic heterocycles. The number of rotatable bonds is 6. The summed E-state index contributed by atoms with van der Waals surface area (Å²) in [4.78, 5) is 34.6. The minimum absolute atomic E-state index is 0.570. The minimum Gasteiger partial charge on any atom is -0.755 e. The van der Waals surface area contributed by atoms with Crippen molar-refractivity contribution in [2.45, 2.75) is 0 Å². The molecule has 0 saturated carbocycles. The lowest BCUT2D eigenvalue weighted by atomic mass is 10.2. The third-order valence-electron chi connectivity index (χ3n) is 1.77. The van der Waals surface area contributed by atoms with Crippen molar-refractivity contribution in [3.8, 4) is 5.75 Å². The fourth-order valence-corrected chi connectivity index (χ4v) is 1.77. The molecular weight excluding hydrogens is 285 g/mol. The van der Waals surface area contributed by atoms with Gasteiger partial charge in [-0.2, -0.15) is 0 Å². The second-order valence-electron chi connectivity index (χ2n) is 3.05. The highest BCUT2D eigenvalue weighted by molar-refractivity contribution is 7.49. The van der Waals surface area contributed by atoms with Gasteiger partial charge in [0.15, 0.2) is 0 Å². The fraction of sp³-hybridized carbons (Fsp3) is 0.143. The van der Waals surface area contributed by atoms with Crippen molar-refractivity contribution in [2.75, 3.05) is 7.11 Å². The minimum atomic E-state index is -4.72. The largest absolute Gasteiger partial charge is 0.755 e. The highest BCUT2D eigenvalue weighted by atomic mass is 31.2. The van der Waals surface area contributed by atoms with E-state index in [4.69, 9.17) is 0 Å². The first-order valence-electron chi connectivity index (χ1n) is 4.50. The Balaban J connectivity index is 3.18. The Kier molecular flexibility index (Phi) is 4.51. The average molecular weight is 292 g/mol. The Morgan fingerprint density at radius 1 is 1.26 bits per heavy atom. The topological polar surface area (TPSA) is 157 Å². The molecular formula is C7H7N3O8P-. The number of benzene rings is 1. The van der Waals surface area contributed by atoms with E-state index < -0.39 is 34.7 Å². The van der Waals surface area contributed by atoms with Gasteiger partial charge < -0.3 is 9.42 Å². The van der Waals surface area contributed by atoms with Crippen LogP contribution in [-0.4, -0.2) is 17.0 Å². The van der Waals surface area contributed by atoms with E-state index in [9.17, 15) is 29.7 Å². The maximum absolute atomic E-state index is 11.2. The molecule has 0 fully saturated rings. The van der Waals surface area contributed by atoms with Crippen LogP contribution in [0.3, 0.4) is 0 Å². The second-order valence-corrected chi connectivity index (χ2v) is 4.41. The first-order valence-corrected chi connectivity index (χ1v) is 6.05. The summed E-state index contributed by atoms with van der Waals surface area (Å²) in [7, 11) is -3.72. The quantitative estimate of drug-likeness (QED) is 0.447. The first-order chi connectivity index (χ1) is 8.76. The summed E-state index contributed by atoms with van der Waals surface area (Å²) < 4.78 is 15.6. The van der Waals surface area contributed by atoms with Gasteiger partial charge in [-0.15, -0.1) is 5.25 Å². The summed E-state index contributed by atoms with van der Waals surface area (Å²) in [6.45, 7) is 0. The third-order valence-corrected chi connectivity index (χ3v) is 2.61. The van der Waals surface area contributed by atoms with Crippen molar-refractivity contribution in [2.24, 2.45) is 0 Å².